The fraction of sp³-hybridized carbons (Fsp3) is 0.237. The third kappa shape index (κ3) is 17.0. The van der Waals surface area contributed by atoms with Crippen molar-refractivity contribution in [2.45, 2.75) is 38.1 Å². The molecule has 23 heteroatoms. The van der Waals surface area contributed by atoms with E-state index in [2.05, 4.69) is 0 Å². The molecule has 0 fully saturated rings. The van der Waals surface area contributed by atoms with Crippen LogP contribution in [-0.4, -0.2) is 134 Å². The zero-order valence-electron chi connectivity index (χ0n) is 61.1. The molecule has 103 heavy (non-hydrogen) atoms. The van der Waals surface area contributed by atoms with Crippen LogP contribution in [0.25, 0.3) is 43.1 Å². The molecule has 2 aliphatic heterocycles. The van der Waals surface area contributed by atoms with Crippen LogP contribution in [0.4, 0.5) is 0 Å². The largest absolute Gasteiger partial charge is 1.00 e. The Hall–Kier alpha value is -10.9. The van der Waals surface area contributed by atoms with E-state index in [0.29, 0.717) is 103 Å². The molecule has 13 rings (SSSR count). The van der Waals surface area contributed by atoms with Gasteiger partial charge in [0.15, 0.2) is 46.1 Å². The van der Waals surface area contributed by atoms with Crippen molar-refractivity contribution in [2.24, 2.45) is 0 Å². The van der Waals surface area contributed by atoms with E-state index in [1.54, 1.807) is 114 Å². The topological polar surface area (TPSA) is 250 Å². The number of aliphatic hydroxyl groups excluding tert-OH is 1. The fourth-order valence-electron chi connectivity index (χ4n) is 12.0. The molecule has 11 aromatic rings. The van der Waals surface area contributed by atoms with Gasteiger partial charge >= 0.3 is 29.6 Å². The first-order chi connectivity index (χ1) is 48.9. The molecule has 11 aromatic carbocycles. The molecular formula is C80H81BNaO21. The minimum atomic E-state index is -0.693. The third-order valence-electron chi connectivity index (χ3n) is 17.0. The van der Waals surface area contributed by atoms with E-state index in [1.165, 1.54) is 28.3 Å². The van der Waals surface area contributed by atoms with Crippen LogP contribution >= 0.6 is 0 Å². The Morgan fingerprint density at radius 2 is 0.786 bits per heavy atom. The molecule has 0 spiro atoms. The van der Waals surface area contributed by atoms with Gasteiger partial charge in [-0.15, -0.1) is 0 Å². The number of hydrogen-bond acceptors (Lipinski definition) is 21. The molecule has 0 aliphatic carbocycles. The number of methoxy groups -OCH3 is 13. The second kappa shape index (κ2) is 36.6. The average molecular weight is 1410 g/mol. The van der Waals surface area contributed by atoms with Crippen molar-refractivity contribution in [3.63, 3.8) is 0 Å². The Bertz CT molecular complexity index is 4740. The summed E-state index contributed by atoms with van der Waals surface area (Å²) < 4.78 is 82.0. The number of benzene rings is 11. The summed E-state index contributed by atoms with van der Waals surface area (Å²) in [4.78, 5) is 34.9. The van der Waals surface area contributed by atoms with E-state index in [0.717, 1.165) is 66.4 Å². The summed E-state index contributed by atoms with van der Waals surface area (Å²) in [5, 5.41) is 37.2. The van der Waals surface area contributed by atoms with Crippen LogP contribution in [0.1, 0.15) is 87.3 Å². The van der Waals surface area contributed by atoms with E-state index in [9.17, 15) is 29.7 Å². The fourth-order valence-corrected chi connectivity index (χ4v) is 12.0. The minimum Gasteiger partial charge on any atom is -1.00 e. The van der Waals surface area contributed by atoms with Gasteiger partial charge in [-0.25, -0.2) is 0 Å². The smallest absolute Gasteiger partial charge is 1.00 e. The quantitative estimate of drug-likeness (QED) is 0.0435. The molecule has 0 aromatic heterocycles. The van der Waals surface area contributed by atoms with Crippen molar-refractivity contribution >= 4 is 69.4 Å². The van der Waals surface area contributed by atoms with Gasteiger partial charge in [0, 0.05) is 80.2 Å². The number of fused-ring (bicyclic) bond motifs is 8. The van der Waals surface area contributed by atoms with Crippen molar-refractivity contribution in [2.75, 3.05) is 92.4 Å². The van der Waals surface area contributed by atoms with Gasteiger partial charge in [-0.1, -0.05) is 97.1 Å². The van der Waals surface area contributed by atoms with Crippen molar-refractivity contribution in [1.29, 1.82) is 0 Å². The number of rotatable bonds is 17. The SMILES string of the molecule is COc1cc(C(C)=O)c(O)c2ccccc12.COc1cc(C2CC(=O)c3cc(OC)c4ccccc4c3O2)cc(OC)c1OC.COc1cc(C=O)cc(OC)c1OC.COc1cc([C@@H]2CC(O)c3cc(OC)c4ccccc4c3O2)cc(OC)c1OC.COc1ccc(O)c2ccccc12.[B].[H-].[Na+]. The summed E-state index contributed by atoms with van der Waals surface area (Å²) in [7, 11) is 20.3. The Morgan fingerprint density at radius 1 is 0.427 bits per heavy atom. The molecule has 0 saturated heterocycles. The molecule has 531 valence electrons. The van der Waals surface area contributed by atoms with Gasteiger partial charge in [0.25, 0.3) is 0 Å². The Morgan fingerprint density at radius 3 is 1.21 bits per heavy atom. The number of aromatic hydroxyl groups is 2. The number of carbonyl (C=O) groups is 3. The summed E-state index contributed by atoms with van der Waals surface area (Å²) in [6, 6.07) is 49.6. The summed E-state index contributed by atoms with van der Waals surface area (Å²) in [6.07, 6.45) is -0.213. The second-order valence-electron chi connectivity index (χ2n) is 22.5. The number of phenols is 2. The molecule has 21 nitrogen and oxygen atoms in total. The molecule has 0 saturated carbocycles. The predicted octanol–water partition coefficient (Wildman–Crippen LogP) is 12.6. The van der Waals surface area contributed by atoms with E-state index in [1.807, 2.05) is 121 Å². The average Bonchev–Trinajstić information content (AvgIpc) is 0.760. The van der Waals surface area contributed by atoms with Gasteiger partial charge in [-0.3, -0.25) is 14.4 Å². The summed E-state index contributed by atoms with van der Waals surface area (Å²) in [6.45, 7) is 1.42. The van der Waals surface area contributed by atoms with E-state index in [-0.39, 0.29) is 80.6 Å². The first-order valence-electron chi connectivity index (χ1n) is 31.6. The zero-order valence-corrected chi connectivity index (χ0v) is 62.1. The Balaban J connectivity index is 0.000000211. The van der Waals surface area contributed by atoms with Crippen LogP contribution in [0.2, 0.25) is 0 Å². The van der Waals surface area contributed by atoms with Crippen LogP contribution < -0.4 is 101 Å². The predicted molar refractivity (Wildman–Crippen MR) is 391 cm³/mol. The molecule has 0 bridgehead atoms. The monoisotopic (exact) mass is 1410 g/mol. The zero-order chi connectivity index (χ0) is 72.6. The second-order valence-corrected chi connectivity index (χ2v) is 22.5. The van der Waals surface area contributed by atoms with Crippen molar-refractivity contribution in [1.82, 2.24) is 0 Å². The third-order valence-corrected chi connectivity index (χ3v) is 17.0. The molecule has 2 unspecified atom stereocenters. The van der Waals surface area contributed by atoms with Crippen LogP contribution in [-0.2, 0) is 0 Å². The van der Waals surface area contributed by atoms with Gasteiger partial charge in [-0.05, 0) is 73.7 Å². The number of ketones is 2. The molecular weight excluding hydrogens is 1330 g/mol. The summed E-state index contributed by atoms with van der Waals surface area (Å²) in [5.41, 5.74) is 3.64. The van der Waals surface area contributed by atoms with Gasteiger partial charge in [0.2, 0.25) is 17.2 Å². The van der Waals surface area contributed by atoms with E-state index in [4.69, 9.17) is 71.1 Å². The van der Waals surface area contributed by atoms with Crippen molar-refractivity contribution in [3.8, 4) is 97.7 Å². The summed E-state index contributed by atoms with van der Waals surface area (Å²) >= 11 is 0. The van der Waals surface area contributed by atoms with Crippen LogP contribution in [0.3, 0.4) is 0 Å². The molecule has 2 aliphatic rings. The molecule has 3 atom stereocenters. The number of Topliss-reactive ketones (excluding diaryl/α,β-unsaturated/α-hetero) is 2. The van der Waals surface area contributed by atoms with Crippen LogP contribution in [0.15, 0.2) is 164 Å². The molecule has 3 N–H and O–H groups in total. The van der Waals surface area contributed by atoms with Gasteiger partial charge in [0.05, 0.1) is 116 Å². The molecule has 2 heterocycles. The standard InChI is InChI=1S/C23H24O6.C23H22O6.C13H12O3.C11H10O2.C10H12O4.B.Na.H/c2*1-25-19-11-16-17(24)12-18(29-22(16)15-8-6-5-7-14(15)19)13-9-20(26-2)23(28-4)21(10-13)27-3;1-8(14)11-7-12(16-2)9-5-3-4-6-10(9)13(11)15;1-13-11-7-6-10(12)8-4-2-3-5-9(8)11;1-12-8-4-7(6-11)5-9(13-2)10(8)14-3;;;/h5-11,17-18,24H,12H2,1-4H3;5-11,18H,12H2,1-4H3;3-7,15H,1-2H3;2-7,12H,1H3;4-6H,1-3H3;;;/q;;;;;;+1;-1/t17?,18-;;;;;;;/m0......./s1. The molecule has 0 amide bonds. The van der Waals surface area contributed by atoms with Gasteiger partial charge < -0.3 is 87.8 Å². The van der Waals surface area contributed by atoms with Crippen LogP contribution in [0.5, 0.6) is 97.7 Å². The summed E-state index contributed by atoms with van der Waals surface area (Å²) in [5.74, 6) is 8.70. The number of hydrogen-bond donors (Lipinski definition) is 3. The normalized spacial score (nSPS) is 13.6. The Kier molecular flexibility index (Phi) is 28.2. The number of carbonyl (C=O) groups excluding carboxylic acids is 3. The van der Waals surface area contributed by atoms with E-state index >= 15 is 0 Å². The first kappa shape index (κ1) is 79.4. The maximum absolute atomic E-state index is 13.0. The number of ether oxygens (including phenoxy) is 15. The van der Waals surface area contributed by atoms with Crippen molar-refractivity contribution < 1.29 is 132 Å². The Labute approximate surface area is 622 Å². The molecule has 3 radical (unpaired) electrons. The van der Waals surface area contributed by atoms with Crippen LogP contribution in [0, 0.1) is 0 Å². The maximum atomic E-state index is 13.0. The van der Waals surface area contributed by atoms with Gasteiger partial charge in [0.1, 0.15) is 64.5 Å². The number of aliphatic hydroxyl groups is 1. The maximum Gasteiger partial charge on any atom is 1.00 e. The van der Waals surface area contributed by atoms with Gasteiger partial charge in [-0.2, -0.15) is 0 Å². The number of phenolic OH excluding ortho intramolecular Hbond substituents is 2. The first-order valence-corrected chi connectivity index (χ1v) is 31.6. The van der Waals surface area contributed by atoms with Crippen molar-refractivity contribution in [3.05, 3.63) is 197 Å². The van der Waals surface area contributed by atoms with E-state index < -0.39 is 12.2 Å². The number of aldehydes is 1. The minimum absolute atomic E-state index is 0.